The van der Waals surface area contributed by atoms with Crippen molar-refractivity contribution in [1.82, 2.24) is 15.0 Å². The average molecular weight is 814 g/mol. The fraction of sp³-hybridized carbons (Fsp3) is 0. The standard InChI is InChI=1S/C59H37N3O/c1-2-12-38(13-3-1)41-16-8-19-49(35-41)57-60-58(50-20-9-17-42(36-50)44-27-26-39-14-4-5-15-40(39)32-44)62-59(61-57)51-21-10-18-43(37-51)45-28-29-47-34-48(31-30-46(47)33-45)52-23-11-25-55-56(52)53-22-6-7-24-54(53)63-55/h1-37H/i10D,18D,21D,28D,29D,30D,31D,33D,34D,37D. The van der Waals surface area contributed by atoms with Gasteiger partial charge in [-0.2, -0.15) is 0 Å². The van der Waals surface area contributed by atoms with E-state index < -0.39 is 65.5 Å². The molecular weight excluding hydrogens is 767 g/mol. The van der Waals surface area contributed by atoms with Gasteiger partial charge in [0, 0.05) is 27.5 Å². The molecule has 0 spiro atoms. The van der Waals surface area contributed by atoms with E-state index >= 15 is 0 Å². The van der Waals surface area contributed by atoms with Crippen LogP contribution in [0.15, 0.2) is 229 Å². The van der Waals surface area contributed by atoms with Gasteiger partial charge in [0.2, 0.25) is 0 Å². The average Bonchev–Trinajstić information content (AvgIpc) is 3.81. The van der Waals surface area contributed by atoms with Gasteiger partial charge in [-0.25, -0.2) is 15.0 Å². The molecule has 0 saturated heterocycles. The summed E-state index contributed by atoms with van der Waals surface area (Å²) in [5, 5.41) is 2.97. The predicted molar refractivity (Wildman–Crippen MR) is 260 cm³/mol. The van der Waals surface area contributed by atoms with E-state index in [1.165, 1.54) is 0 Å². The van der Waals surface area contributed by atoms with Crippen molar-refractivity contribution in [3.05, 3.63) is 224 Å². The molecule has 0 bridgehead atoms. The smallest absolute Gasteiger partial charge is 0.164 e. The van der Waals surface area contributed by atoms with Gasteiger partial charge in [0.25, 0.3) is 0 Å². The molecule has 0 fully saturated rings. The lowest BCUT2D eigenvalue weighted by atomic mass is 9.95. The largest absolute Gasteiger partial charge is 0.456 e. The number of rotatable bonds is 7. The number of fused-ring (bicyclic) bond motifs is 5. The molecule has 10 aromatic carbocycles. The van der Waals surface area contributed by atoms with Crippen LogP contribution in [-0.4, -0.2) is 15.0 Å². The number of hydrogen-bond acceptors (Lipinski definition) is 4. The zero-order valence-corrected chi connectivity index (χ0v) is 33.3. The van der Waals surface area contributed by atoms with Crippen LogP contribution in [0.4, 0.5) is 0 Å². The van der Waals surface area contributed by atoms with Crippen LogP contribution < -0.4 is 0 Å². The van der Waals surface area contributed by atoms with Crippen LogP contribution in [0.25, 0.3) is 122 Å². The van der Waals surface area contributed by atoms with E-state index in [1.54, 1.807) is 24.3 Å². The van der Waals surface area contributed by atoms with Crippen molar-refractivity contribution in [1.29, 1.82) is 0 Å². The van der Waals surface area contributed by atoms with Crippen LogP contribution >= 0.6 is 0 Å². The van der Waals surface area contributed by atoms with Crippen LogP contribution in [0, 0.1) is 0 Å². The molecule has 4 heteroatoms. The summed E-state index contributed by atoms with van der Waals surface area (Å²) in [6.07, 6.45) is 0. The molecule has 0 unspecified atom stereocenters. The highest BCUT2D eigenvalue weighted by atomic mass is 16.3. The molecule has 294 valence electrons. The van der Waals surface area contributed by atoms with Gasteiger partial charge in [-0.3, -0.25) is 0 Å². The van der Waals surface area contributed by atoms with Crippen molar-refractivity contribution < 1.29 is 18.1 Å². The lowest BCUT2D eigenvalue weighted by molar-refractivity contribution is 0.669. The van der Waals surface area contributed by atoms with Gasteiger partial charge in [0.15, 0.2) is 17.5 Å². The Kier molecular flexibility index (Phi) is 6.61. The van der Waals surface area contributed by atoms with Crippen molar-refractivity contribution >= 4 is 43.5 Å². The number of nitrogens with zero attached hydrogens (tertiary/aromatic N) is 3. The van der Waals surface area contributed by atoms with Crippen LogP contribution in [0.2, 0.25) is 0 Å². The normalized spacial score (nSPS) is 13.7. The summed E-state index contributed by atoms with van der Waals surface area (Å²) in [5.41, 5.74) is 5.21. The van der Waals surface area contributed by atoms with E-state index in [1.807, 2.05) is 121 Å². The fourth-order valence-electron chi connectivity index (χ4n) is 8.12. The van der Waals surface area contributed by atoms with Crippen LogP contribution in [0.1, 0.15) is 13.7 Å². The summed E-state index contributed by atoms with van der Waals surface area (Å²) in [7, 11) is 0. The summed E-state index contributed by atoms with van der Waals surface area (Å²) < 4.78 is 100. The van der Waals surface area contributed by atoms with Crippen molar-refractivity contribution in [2.45, 2.75) is 0 Å². The van der Waals surface area contributed by atoms with E-state index in [0.29, 0.717) is 33.2 Å². The molecule has 0 aliphatic carbocycles. The summed E-state index contributed by atoms with van der Waals surface area (Å²) in [6.45, 7) is 0. The molecule has 63 heavy (non-hydrogen) atoms. The molecule has 0 N–H and O–H groups in total. The maximum atomic E-state index is 9.81. The molecule has 0 radical (unpaired) electrons. The molecule has 0 saturated carbocycles. The maximum absolute atomic E-state index is 9.81. The van der Waals surface area contributed by atoms with E-state index in [-0.39, 0.29) is 45.4 Å². The van der Waals surface area contributed by atoms with E-state index in [2.05, 4.69) is 18.2 Å². The summed E-state index contributed by atoms with van der Waals surface area (Å²) in [4.78, 5) is 14.8. The Hall–Kier alpha value is -8.47. The Bertz CT molecular complexity index is 4290. The van der Waals surface area contributed by atoms with Gasteiger partial charge in [-0.05, 0) is 115 Å². The lowest BCUT2D eigenvalue weighted by Gasteiger charge is -2.12. The molecule has 0 aliphatic heterocycles. The molecule has 2 aromatic heterocycles. The Balaban J connectivity index is 1.07. The first-order valence-electron chi connectivity index (χ1n) is 25.4. The predicted octanol–water partition coefficient (Wildman–Crippen LogP) is 15.7. The summed E-state index contributed by atoms with van der Waals surface area (Å²) >= 11 is 0. The minimum atomic E-state index is -0.661. The van der Waals surface area contributed by atoms with Crippen molar-refractivity contribution in [2.24, 2.45) is 0 Å². The number of para-hydroxylation sites is 1. The van der Waals surface area contributed by atoms with E-state index in [0.717, 1.165) is 38.4 Å². The first-order chi connectivity index (χ1) is 35.4. The molecule has 0 atom stereocenters. The minimum Gasteiger partial charge on any atom is -0.456 e. The zero-order chi connectivity index (χ0) is 50.4. The van der Waals surface area contributed by atoms with Crippen LogP contribution in [-0.2, 0) is 0 Å². The molecular formula is C59H37N3O. The second-order valence-corrected chi connectivity index (χ2v) is 15.2. The third kappa shape index (κ3) is 6.80. The van der Waals surface area contributed by atoms with Crippen molar-refractivity contribution in [3.8, 4) is 78.7 Å². The van der Waals surface area contributed by atoms with E-state index in [4.69, 9.17) is 20.7 Å². The first kappa shape index (κ1) is 27.4. The van der Waals surface area contributed by atoms with Crippen LogP contribution in [0.3, 0.4) is 0 Å². The number of aromatic nitrogens is 3. The Morgan fingerprint density at radius 3 is 1.68 bits per heavy atom. The minimum absolute atomic E-state index is 0.0184. The van der Waals surface area contributed by atoms with Crippen molar-refractivity contribution in [2.75, 3.05) is 0 Å². The van der Waals surface area contributed by atoms with E-state index in [9.17, 15) is 12.3 Å². The zero-order valence-electron chi connectivity index (χ0n) is 43.3. The summed E-state index contributed by atoms with van der Waals surface area (Å²) in [5.74, 6) is 0.206. The Labute approximate surface area is 378 Å². The third-order valence-electron chi connectivity index (χ3n) is 11.2. The number of furan rings is 1. The second-order valence-electron chi connectivity index (χ2n) is 15.2. The molecule has 12 rings (SSSR count). The molecule has 0 aliphatic rings. The molecule has 2 heterocycles. The van der Waals surface area contributed by atoms with Gasteiger partial charge in [-0.15, -0.1) is 0 Å². The first-order valence-corrected chi connectivity index (χ1v) is 20.4. The van der Waals surface area contributed by atoms with Crippen molar-refractivity contribution in [3.63, 3.8) is 0 Å². The fourth-order valence-corrected chi connectivity index (χ4v) is 8.12. The SMILES string of the molecule is [2H]c1c([2H])c(-c2nc(-c3cccc(-c4ccccc4)c3)nc(-c3cccc(-c4ccc5ccccc5c4)c3)n2)c([2H])c(-c2c([2H])c([2H])c3c([2H])c(-c4cccc5oc6ccccc6c45)c([2H])c([2H])c3c2[2H])c1[2H]. The van der Waals surface area contributed by atoms with Crippen LogP contribution in [0.5, 0.6) is 0 Å². The van der Waals surface area contributed by atoms with Gasteiger partial charge in [-0.1, -0.05) is 176 Å². The molecule has 4 nitrogen and oxygen atoms in total. The Morgan fingerprint density at radius 2 is 0.889 bits per heavy atom. The highest BCUT2D eigenvalue weighted by Gasteiger charge is 2.16. The number of hydrogen-bond donors (Lipinski definition) is 0. The number of benzene rings is 10. The lowest BCUT2D eigenvalue weighted by Crippen LogP contribution is -2.00. The monoisotopic (exact) mass is 813 g/mol. The highest BCUT2D eigenvalue weighted by Crippen LogP contribution is 2.39. The maximum Gasteiger partial charge on any atom is 0.164 e. The van der Waals surface area contributed by atoms with Gasteiger partial charge < -0.3 is 4.42 Å². The van der Waals surface area contributed by atoms with Gasteiger partial charge in [0.1, 0.15) is 11.2 Å². The van der Waals surface area contributed by atoms with Gasteiger partial charge >= 0.3 is 0 Å². The summed E-state index contributed by atoms with van der Waals surface area (Å²) in [6, 6.07) is 46.4. The Morgan fingerprint density at radius 1 is 0.333 bits per heavy atom. The highest BCUT2D eigenvalue weighted by molar-refractivity contribution is 6.13. The molecule has 0 amide bonds. The molecule has 12 aromatic rings. The second kappa shape index (κ2) is 15.2. The van der Waals surface area contributed by atoms with Gasteiger partial charge in [0.05, 0.1) is 13.7 Å². The topological polar surface area (TPSA) is 51.8 Å². The quantitative estimate of drug-likeness (QED) is 0.161. The third-order valence-corrected chi connectivity index (χ3v) is 11.2.